The summed E-state index contributed by atoms with van der Waals surface area (Å²) in [5.74, 6) is 0.495. The Morgan fingerprint density at radius 3 is 2.94 bits per heavy atom. The Morgan fingerprint density at radius 1 is 1.62 bits per heavy atom. The van der Waals surface area contributed by atoms with Crippen molar-refractivity contribution in [2.24, 2.45) is 0 Å². The topological polar surface area (TPSA) is 54.9 Å². The van der Waals surface area contributed by atoms with Crippen LogP contribution in [0.1, 0.15) is 31.5 Å². The molecule has 0 aromatic carbocycles. The molecule has 0 spiro atoms. The average Bonchev–Trinajstić information content (AvgIpc) is 2.70. The Morgan fingerprint density at radius 2 is 2.38 bits per heavy atom. The van der Waals surface area contributed by atoms with Crippen LogP contribution in [0.4, 0.5) is 0 Å². The fourth-order valence-corrected chi connectivity index (χ4v) is 4.15. The van der Waals surface area contributed by atoms with Crippen LogP contribution in [0.5, 0.6) is 0 Å². The van der Waals surface area contributed by atoms with Crippen molar-refractivity contribution < 1.29 is 8.42 Å². The van der Waals surface area contributed by atoms with Crippen LogP contribution in [-0.2, 0) is 16.3 Å². The standard InChI is InChI=1S/C10H16N2O2S2/c1-2-3-8-6-10(15)12(11-8)9-4-5-16(13,14)7-9/h6,9,11H,2-5,7H2,1H3. The maximum Gasteiger partial charge on any atom is 0.152 e. The molecule has 1 saturated heterocycles. The fourth-order valence-electron chi connectivity index (χ4n) is 2.11. The summed E-state index contributed by atoms with van der Waals surface area (Å²) in [4.78, 5) is 0. The first-order chi connectivity index (χ1) is 7.52. The number of sulfone groups is 1. The number of H-pyrrole nitrogens is 1. The molecule has 1 aliphatic heterocycles. The zero-order valence-electron chi connectivity index (χ0n) is 9.27. The molecule has 16 heavy (non-hydrogen) atoms. The summed E-state index contributed by atoms with van der Waals surface area (Å²) in [6, 6.07) is 1.94. The molecular formula is C10H16N2O2S2. The number of aromatic amines is 1. The van der Waals surface area contributed by atoms with Crippen molar-refractivity contribution in [1.29, 1.82) is 0 Å². The molecule has 2 rings (SSSR count). The average molecular weight is 260 g/mol. The number of nitrogens with zero attached hydrogens (tertiary/aromatic N) is 1. The number of hydrogen-bond acceptors (Lipinski definition) is 3. The van der Waals surface area contributed by atoms with E-state index in [9.17, 15) is 8.42 Å². The minimum absolute atomic E-state index is 0.00288. The predicted molar refractivity (Wildman–Crippen MR) is 65.9 cm³/mol. The van der Waals surface area contributed by atoms with Crippen LogP contribution in [0.15, 0.2) is 6.07 Å². The van der Waals surface area contributed by atoms with Gasteiger partial charge in [-0.15, -0.1) is 0 Å². The number of aromatic nitrogens is 2. The van der Waals surface area contributed by atoms with Gasteiger partial charge in [-0.3, -0.25) is 4.68 Å². The smallest absolute Gasteiger partial charge is 0.152 e. The summed E-state index contributed by atoms with van der Waals surface area (Å²) >= 11 is 5.24. The number of nitrogens with one attached hydrogen (secondary N) is 1. The second kappa shape index (κ2) is 4.33. The highest BCUT2D eigenvalue weighted by Gasteiger charge is 2.29. The second-order valence-electron chi connectivity index (χ2n) is 4.30. The summed E-state index contributed by atoms with van der Waals surface area (Å²) in [7, 11) is -2.85. The van der Waals surface area contributed by atoms with Crippen molar-refractivity contribution in [2.75, 3.05) is 11.5 Å². The van der Waals surface area contributed by atoms with Crippen molar-refractivity contribution in [3.8, 4) is 0 Å². The van der Waals surface area contributed by atoms with Gasteiger partial charge in [0.15, 0.2) is 9.84 Å². The lowest BCUT2D eigenvalue weighted by Crippen LogP contribution is -2.12. The minimum Gasteiger partial charge on any atom is -0.301 e. The molecule has 1 aromatic heterocycles. The maximum atomic E-state index is 11.4. The first-order valence-corrected chi connectivity index (χ1v) is 7.75. The van der Waals surface area contributed by atoms with Gasteiger partial charge in [0.25, 0.3) is 0 Å². The highest BCUT2D eigenvalue weighted by Crippen LogP contribution is 2.23. The van der Waals surface area contributed by atoms with Crippen LogP contribution in [0, 0.1) is 4.64 Å². The molecule has 1 aromatic rings. The van der Waals surface area contributed by atoms with E-state index in [2.05, 4.69) is 12.0 Å². The SMILES string of the molecule is CCCc1cc(=S)n(C2CCS(=O)(=O)C2)[nH]1. The Kier molecular flexibility index (Phi) is 3.21. The Hall–Kier alpha value is -0.620. The van der Waals surface area contributed by atoms with Crippen molar-refractivity contribution in [3.63, 3.8) is 0 Å². The molecule has 0 bridgehead atoms. The predicted octanol–water partition coefficient (Wildman–Crippen LogP) is 1.86. The van der Waals surface area contributed by atoms with Gasteiger partial charge >= 0.3 is 0 Å². The van der Waals surface area contributed by atoms with E-state index in [0.717, 1.165) is 18.5 Å². The molecule has 0 radical (unpaired) electrons. The highest BCUT2D eigenvalue weighted by molar-refractivity contribution is 7.91. The van der Waals surface area contributed by atoms with Crippen LogP contribution in [0.2, 0.25) is 0 Å². The summed E-state index contributed by atoms with van der Waals surface area (Å²) in [5, 5.41) is 3.21. The van der Waals surface area contributed by atoms with Gasteiger partial charge < -0.3 is 5.10 Å². The Bertz CT molecular complexity index is 527. The van der Waals surface area contributed by atoms with Crippen LogP contribution in [-0.4, -0.2) is 29.7 Å². The van der Waals surface area contributed by atoms with E-state index in [1.54, 1.807) is 0 Å². The minimum atomic E-state index is -2.85. The van der Waals surface area contributed by atoms with E-state index in [1.807, 2.05) is 10.7 Å². The monoisotopic (exact) mass is 260 g/mol. The zero-order valence-corrected chi connectivity index (χ0v) is 10.9. The molecular weight excluding hydrogens is 244 g/mol. The van der Waals surface area contributed by atoms with E-state index < -0.39 is 9.84 Å². The molecule has 1 unspecified atom stereocenters. The van der Waals surface area contributed by atoms with Gasteiger partial charge in [0.05, 0.1) is 17.5 Å². The third-order valence-corrected chi connectivity index (χ3v) is 4.96. The largest absolute Gasteiger partial charge is 0.301 e. The van der Waals surface area contributed by atoms with Crippen molar-refractivity contribution in [2.45, 2.75) is 32.2 Å². The lowest BCUT2D eigenvalue weighted by atomic mass is 10.3. The van der Waals surface area contributed by atoms with Gasteiger partial charge in [0.2, 0.25) is 0 Å². The van der Waals surface area contributed by atoms with Gasteiger partial charge in [0, 0.05) is 5.69 Å². The summed E-state index contributed by atoms with van der Waals surface area (Å²) in [5.41, 5.74) is 1.09. The van der Waals surface area contributed by atoms with Crippen LogP contribution in [0.25, 0.3) is 0 Å². The number of aryl methyl sites for hydroxylation is 1. The van der Waals surface area contributed by atoms with E-state index >= 15 is 0 Å². The van der Waals surface area contributed by atoms with Gasteiger partial charge in [-0.05, 0) is 18.9 Å². The molecule has 0 saturated carbocycles. The Labute approximate surface area is 101 Å². The van der Waals surface area contributed by atoms with E-state index in [4.69, 9.17) is 12.2 Å². The molecule has 2 heterocycles. The molecule has 1 fully saturated rings. The molecule has 4 nitrogen and oxygen atoms in total. The fraction of sp³-hybridized carbons (Fsp3) is 0.700. The first-order valence-electron chi connectivity index (χ1n) is 5.52. The van der Waals surface area contributed by atoms with Crippen molar-refractivity contribution >= 4 is 22.1 Å². The van der Waals surface area contributed by atoms with Gasteiger partial charge in [-0.1, -0.05) is 25.6 Å². The van der Waals surface area contributed by atoms with Gasteiger partial charge in [-0.25, -0.2) is 8.42 Å². The highest BCUT2D eigenvalue weighted by atomic mass is 32.2. The molecule has 6 heteroatoms. The molecule has 90 valence electrons. The first kappa shape index (κ1) is 11.9. The van der Waals surface area contributed by atoms with Crippen LogP contribution < -0.4 is 0 Å². The molecule has 0 amide bonds. The molecule has 0 aliphatic carbocycles. The quantitative estimate of drug-likeness (QED) is 0.844. The lowest BCUT2D eigenvalue weighted by molar-refractivity contribution is 0.489. The third kappa shape index (κ3) is 2.38. The maximum absolute atomic E-state index is 11.4. The van der Waals surface area contributed by atoms with E-state index in [-0.39, 0.29) is 17.5 Å². The van der Waals surface area contributed by atoms with Gasteiger partial charge in [-0.2, -0.15) is 0 Å². The van der Waals surface area contributed by atoms with E-state index in [1.165, 1.54) is 0 Å². The number of rotatable bonds is 3. The van der Waals surface area contributed by atoms with Crippen molar-refractivity contribution in [1.82, 2.24) is 9.78 Å². The zero-order chi connectivity index (χ0) is 11.8. The summed E-state index contributed by atoms with van der Waals surface area (Å²) < 4.78 is 25.3. The second-order valence-corrected chi connectivity index (χ2v) is 6.94. The van der Waals surface area contributed by atoms with Crippen molar-refractivity contribution in [3.05, 3.63) is 16.4 Å². The molecule has 1 N–H and O–H groups in total. The molecule has 1 aliphatic rings. The lowest BCUT2D eigenvalue weighted by Gasteiger charge is -2.09. The van der Waals surface area contributed by atoms with E-state index in [0.29, 0.717) is 11.1 Å². The third-order valence-electron chi connectivity index (χ3n) is 2.89. The molecule has 1 atom stereocenters. The van der Waals surface area contributed by atoms with Gasteiger partial charge in [0.1, 0.15) is 4.64 Å². The van der Waals surface area contributed by atoms with Crippen LogP contribution in [0.3, 0.4) is 0 Å². The summed E-state index contributed by atoms with van der Waals surface area (Å²) in [6.45, 7) is 2.11. The summed E-state index contributed by atoms with van der Waals surface area (Å²) in [6.07, 6.45) is 2.68. The number of hydrogen-bond donors (Lipinski definition) is 1. The van der Waals surface area contributed by atoms with Crippen LogP contribution >= 0.6 is 12.2 Å². The Balaban J connectivity index is 2.25. The normalized spacial score (nSPS) is 23.7.